The number of nitrogens with one attached hydrogen (secondary N) is 2. The third-order valence-corrected chi connectivity index (χ3v) is 6.82. The molecule has 1 amide bonds. The second-order valence-corrected chi connectivity index (χ2v) is 9.35. The molecular weight excluding hydrogens is 438 g/mol. The van der Waals surface area contributed by atoms with Gasteiger partial charge in [0.2, 0.25) is 15.7 Å². The SMILES string of the molecule is CCOc1ccccc1NC(=O)CSc1ncc(S(=O)(=O)c2ccc(C)cc2)c(=O)[nH]1. The number of para-hydroxylation sites is 2. The zero-order chi connectivity index (χ0) is 22.4. The summed E-state index contributed by atoms with van der Waals surface area (Å²) in [6.45, 7) is 4.14. The molecule has 2 aromatic carbocycles. The molecule has 1 aromatic heterocycles. The van der Waals surface area contributed by atoms with Crippen LogP contribution >= 0.6 is 11.8 Å². The predicted octanol–water partition coefficient (Wildman–Crippen LogP) is 3.04. The molecule has 0 bridgehead atoms. The first-order valence-corrected chi connectivity index (χ1v) is 11.8. The molecular formula is C21H21N3O5S2. The van der Waals surface area contributed by atoms with E-state index in [4.69, 9.17) is 4.74 Å². The van der Waals surface area contributed by atoms with Crippen LogP contribution in [0.25, 0.3) is 0 Å². The van der Waals surface area contributed by atoms with Gasteiger partial charge in [-0.15, -0.1) is 0 Å². The first-order valence-electron chi connectivity index (χ1n) is 9.37. The number of aromatic amines is 1. The highest BCUT2D eigenvalue weighted by Gasteiger charge is 2.22. The van der Waals surface area contributed by atoms with Crippen molar-refractivity contribution in [2.75, 3.05) is 17.7 Å². The lowest BCUT2D eigenvalue weighted by molar-refractivity contribution is -0.113. The van der Waals surface area contributed by atoms with Crippen LogP contribution in [-0.2, 0) is 14.6 Å². The molecule has 0 radical (unpaired) electrons. The Labute approximate surface area is 184 Å². The number of thioether (sulfide) groups is 1. The highest BCUT2D eigenvalue weighted by Crippen LogP contribution is 2.24. The highest BCUT2D eigenvalue weighted by atomic mass is 32.2. The van der Waals surface area contributed by atoms with Crippen molar-refractivity contribution in [3.63, 3.8) is 0 Å². The molecule has 0 aliphatic carbocycles. The van der Waals surface area contributed by atoms with Crippen molar-refractivity contribution in [2.24, 2.45) is 0 Å². The number of anilines is 1. The summed E-state index contributed by atoms with van der Waals surface area (Å²) >= 11 is 0.984. The first-order chi connectivity index (χ1) is 14.8. The Morgan fingerprint density at radius 3 is 2.55 bits per heavy atom. The molecule has 2 N–H and O–H groups in total. The molecule has 0 saturated heterocycles. The van der Waals surface area contributed by atoms with Crippen LogP contribution in [-0.4, -0.2) is 36.7 Å². The van der Waals surface area contributed by atoms with Crippen LogP contribution < -0.4 is 15.6 Å². The van der Waals surface area contributed by atoms with Gasteiger partial charge in [0.15, 0.2) is 10.1 Å². The minimum absolute atomic E-state index is 0.0122. The molecule has 0 unspecified atom stereocenters. The van der Waals surface area contributed by atoms with Gasteiger partial charge in [-0.3, -0.25) is 9.59 Å². The zero-order valence-electron chi connectivity index (χ0n) is 16.9. The number of amides is 1. The quantitative estimate of drug-likeness (QED) is 0.393. The topological polar surface area (TPSA) is 118 Å². The van der Waals surface area contributed by atoms with Gasteiger partial charge in [-0.2, -0.15) is 0 Å². The average Bonchev–Trinajstić information content (AvgIpc) is 2.74. The fraction of sp³-hybridized carbons (Fsp3) is 0.190. The molecule has 8 nitrogen and oxygen atoms in total. The summed E-state index contributed by atoms with van der Waals surface area (Å²) in [6.07, 6.45) is 1.01. The Morgan fingerprint density at radius 2 is 1.87 bits per heavy atom. The van der Waals surface area contributed by atoms with E-state index in [9.17, 15) is 18.0 Å². The fourth-order valence-electron chi connectivity index (χ4n) is 2.65. The maximum Gasteiger partial charge on any atom is 0.270 e. The summed E-state index contributed by atoms with van der Waals surface area (Å²) in [5, 5.41) is 2.88. The van der Waals surface area contributed by atoms with E-state index in [-0.39, 0.29) is 21.7 Å². The van der Waals surface area contributed by atoms with Crippen LogP contribution in [0.3, 0.4) is 0 Å². The van der Waals surface area contributed by atoms with E-state index in [1.165, 1.54) is 12.1 Å². The lowest BCUT2D eigenvalue weighted by Gasteiger charge is -2.11. The van der Waals surface area contributed by atoms with Gasteiger partial charge in [0, 0.05) is 0 Å². The van der Waals surface area contributed by atoms with Crippen LogP contribution in [0.1, 0.15) is 12.5 Å². The third kappa shape index (κ3) is 5.53. The molecule has 0 spiro atoms. The number of sulfone groups is 1. The lowest BCUT2D eigenvalue weighted by atomic mass is 10.2. The number of aromatic nitrogens is 2. The molecule has 0 fully saturated rings. The van der Waals surface area contributed by atoms with Crippen LogP contribution in [0.15, 0.2) is 74.5 Å². The minimum atomic E-state index is -3.99. The number of benzene rings is 2. The van der Waals surface area contributed by atoms with E-state index in [2.05, 4.69) is 15.3 Å². The number of ether oxygens (including phenoxy) is 1. The summed E-state index contributed by atoms with van der Waals surface area (Å²) in [7, 11) is -3.99. The molecule has 0 aliphatic rings. The highest BCUT2D eigenvalue weighted by molar-refractivity contribution is 7.99. The third-order valence-electron chi connectivity index (χ3n) is 4.17. The fourth-order valence-corrected chi connectivity index (χ4v) is 4.51. The standard InChI is InChI=1S/C21H21N3O5S2/c1-3-29-17-7-5-4-6-16(17)23-19(25)13-30-21-22-12-18(20(26)24-21)31(27,28)15-10-8-14(2)9-11-15/h4-12H,3,13H2,1-2H3,(H,23,25)(H,22,24,26). The molecule has 10 heteroatoms. The Balaban J connectivity index is 1.69. The Morgan fingerprint density at radius 1 is 1.16 bits per heavy atom. The van der Waals surface area contributed by atoms with Crippen molar-refractivity contribution in [3.05, 3.63) is 70.6 Å². The number of hydrogen-bond donors (Lipinski definition) is 2. The van der Waals surface area contributed by atoms with Gasteiger partial charge in [-0.25, -0.2) is 13.4 Å². The smallest absolute Gasteiger partial charge is 0.270 e. The Hall–Kier alpha value is -3.11. The Kier molecular flexibility index (Phi) is 7.13. The van der Waals surface area contributed by atoms with E-state index in [1.807, 2.05) is 13.8 Å². The molecule has 0 aliphatic heterocycles. The summed E-state index contributed by atoms with van der Waals surface area (Å²) in [6, 6.07) is 13.2. The lowest BCUT2D eigenvalue weighted by Crippen LogP contribution is -2.20. The van der Waals surface area contributed by atoms with Gasteiger partial charge in [-0.05, 0) is 38.1 Å². The molecule has 0 atom stereocenters. The summed E-state index contributed by atoms with van der Waals surface area (Å²) in [5.74, 6) is 0.199. The number of carbonyl (C=O) groups excluding carboxylic acids is 1. The van der Waals surface area contributed by atoms with Crippen molar-refractivity contribution in [2.45, 2.75) is 28.8 Å². The van der Waals surface area contributed by atoms with Gasteiger partial charge in [-0.1, -0.05) is 41.6 Å². The number of H-pyrrole nitrogens is 1. The summed E-state index contributed by atoms with van der Waals surface area (Å²) < 4.78 is 30.8. The van der Waals surface area contributed by atoms with Crippen molar-refractivity contribution in [1.29, 1.82) is 0 Å². The molecule has 3 rings (SSSR count). The maximum absolute atomic E-state index is 12.7. The van der Waals surface area contributed by atoms with E-state index in [0.29, 0.717) is 18.0 Å². The van der Waals surface area contributed by atoms with Gasteiger partial charge in [0.25, 0.3) is 5.56 Å². The van der Waals surface area contributed by atoms with Gasteiger partial charge >= 0.3 is 0 Å². The van der Waals surface area contributed by atoms with E-state index in [0.717, 1.165) is 23.5 Å². The number of nitrogens with zero attached hydrogens (tertiary/aromatic N) is 1. The van der Waals surface area contributed by atoms with Crippen LogP contribution in [0.2, 0.25) is 0 Å². The molecule has 31 heavy (non-hydrogen) atoms. The summed E-state index contributed by atoms with van der Waals surface area (Å²) in [4.78, 5) is 30.6. The van der Waals surface area contributed by atoms with Crippen molar-refractivity contribution < 1.29 is 17.9 Å². The molecule has 1 heterocycles. The number of carbonyl (C=O) groups is 1. The summed E-state index contributed by atoms with van der Waals surface area (Å²) in [5.41, 5.74) is 0.649. The number of rotatable bonds is 8. The zero-order valence-corrected chi connectivity index (χ0v) is 18.5. The van der Waals surface area contributed by atoms with Gasteiger partial charge in [0.05, 0.1) is 29.1 Å². The maximum atomic E-state index is 12.7. The Bertz CT molecular complexity index is 1240. The largest absolute Gasteiger partial charge is 0.492 e. The van der Waals surface area contributed by atoms with Crippen molar-refractivity contribution in [1.82, 2.24) is 9.97 Å². The normalized spacial score (nSPS) is 11.2. The minimum Gasteiger partial charge on any atom is -0.492 e. The number of aryl methyl sites for hydroxylation is 1. The van der Waals surface area contributed by atoms with E-state index in [1.54, 1.807) is 36.4 Å². The number of hydrogen-bond acceptors (Lipinski definition) is 7. The molecule has 162 valence electrons. The van der Waals surface area contributed by atoms with Crippen LogP contribution in [0.4, 0.5) is 5.69 Å². The van der Waals surface area contributed by atoms with E-state index < -0.39 is 20.3 Å². The average molecular weight is 460 g/mol. The molecule has 0 saturated carbocycles. The van der Waals surface area contributed by atoms with Crippen LogP contribution in [0.5, 0.6) is 5.75 Å². The van der Waals surface area contributed by atoms with Gasteiger partial charge < -0.3 is 15.0 Å². The predicted molar refractivity (Wildman–Crippen MR) is 118 cm³/mol. The van der Waals surface area contributed by atoms with E-state index >= 15 is 0 Å². The monoisotopic (exact) mass is 459 g/mol. The molecule has 3 aromatic rings. The second kappa shape index (κ2) is 9.80. The first kappa shape index (κ1) is 22.6. The van der Waals surface area contributed by atoms with Gasteiger partial charge in [0.1, 0.15) is 5.75 Å². The second-order valence-electron chi connectivity index (χ2n) is 6.46. The van der Waals surface area contributed by atoms with Crippen molar-refractivity contribution in [3.8, 4) is 5.75 Å². The van der Waals surface area contributed by atoms with Crippen molar-refractivity contribution >= 4 is 33.2 Å². The van der Waals surface area contributed by atoms with Crippen LogP contribution in [0, 0.1) is 6.92 Å².